The molecule has 0 radical (unpaired) electrons. The Bertz CT molecular complexity index is 1640. The number of hydrogen-bond acceptors (Lipinski definition) is 7. The second-order valence-corrected chi connectivity index (χ2v) is 8.21. The number of fused-ring (bicyclic) bond motifs is 4. The highest BCUT2D eigenvalue weighted by Crippen LogP contribution is 2.26. The molecule has 0 amide bonds. The maximum Gasteiger partial charge on any atom is 0.280 e. The van der Waals surface area contributed by atoms with Crippen LogP contribution in [0.1, 0.15) is 0 Å². The number of rotatable bonds is 3. The summed E-state index contributed by atoms with van der Waals surface area (Å²) < 4.78 is 3.98. The van der Waals surface area contributed by atoms with E-state index in [1.54, 1.807) is 22.8 Å². The lowest BCUT2D eigenvalue weighted by Gasteiger charge is -2.07. The zero-order chi connectivity index (χ0) is 20.9. The van der Waals surface area contributed by atoms with Gasteiger partial charge in [0.2, 0.25) is 5.13 Å². The first kappa shape index (κ1) is 18.0. The summed E-state index contributed by atoms with van der Waals surface area (Å²) in [6.45, 7) is 0. The van der Waals surface area contributed by atoms with E-state index in [2.05, 4.69) is 25.5 Å². The van der Waals surface area contributed by atoms with Crippen molar-refractivity contribution < 1.29 is 0 Å². The summed E-state index contributed by atoms with van der Waals surface area (Å²) in [6, 6.07) is 16.9. The molecule has 150 valence electrons. The van der Waals surface area contributed by atoms with E-state index in [0.29, 0.717) is 38.2 Å². The van der Waals surface area contributed by atoms with Crippen LogP contribution >= 0.6 is 22.9 Å². The van der Waals surface area contributed by atoms with Crippen molar-refractivity contribution in [3.63, 3.8) is 0 Å². The molecule has 2 aromatic carbocycles. The van der Waals surface area contributed by atoms with Gasteiger partial charge in [-0.15, -0.1) is 5.10 Å². The number of para-hydroxylation sites is 1. The number of aromatic nitrogens is 6. The van der Waals surface area contributed by atoms with Gasteiger partial charge in [-0.2, -0.15) is 9.50 Å². The van der Waals surface area contributed by atoms with Crippen LogP contribution in [0.15, 0.2) is 71.8 Å². The molecule has 0 aliphatic heterocycles. The number of anilines is 1. The lowest BCUT2D eigenvalue weighted by Crippen LogP contribution is -2.26. The minimum absolute atomic E-state index is 0.263. The Kier molecular flexibility index (Phi) is 3.98. The average Bonchev–Trinajstić information content (AvgIpc) is 3.39. The molecule has 0 bridgehead atoms. The number of benzene rings is 2. The highest BCUT2D eigenvalue weighted by atomic mass is 35.5. The van der Waals surface area contributed by atoms with Crippen molar-refractivity contribution in [1.82, 2.24) is 29.2 Å². The molecule has 6 aromatic rings. The molecule has 0 atom stereocenters. The monoisotopic (exact) mass is 445 g/mol. The topological polar surface area (TPSA) is 90.0 Å². The van der Waals surface area contributed by atoms with E-state index in [4.69, 9.17) is 11.6 Å². The maximum atomic E-state index is 13.1. The minimum atomic E-state index is -0.263. The van der Waals surface area contributed by atoms with Crippen molar-refractivity contribution in [1.29, 1.82) is 0 Å². The molecule has 0 aliphatic carbocycles. The van der Waals surface area contributed by atoms with Gasteiger partial charge < -0.3 is 0 Å². The van der Waals surface area contributed by atoms with Gasteiger partial charge in [-0.25, -0.2) is 14.6 Å². The molecular formula is C21H12ClN7OS. The molecular weight excluding hydrogens is 434 g/mol. The number of nitrogens with one attached hydrogen (secondary N) is 1. The van der Waals surface area contributed by atoms with Crippen molar-refractivity contribution in [2.24, 2.45) is 0 Å². The Balaban J connectivity index is 1.46. The normalized spacial score (nSPS) is 11.5. The van der Waals surface area contributed by atoms with Gasteiger partial charge in [0, 0.05) is 18.0 Å². The summed E-state index contributed by atoms with van der Waals surface area (Å²) in [6.07, 6.45) is 3.15. The van der Waals surface area contributed by atoms with Gasteiger partial charge in [0.1, 0.15) is 0 Å². The molecule has 0 unspecified atom stereocenters. The van der Waals surface area contributed by atoms with E-state index in [-0.39, 0.29) is 5.56 Å². The van der Waals surface area contributed by atoms with Crippen molar-refractivity contribution in [2.75, 3.05) is 5.43 Å². The van der Waals surface area contributed by atoms with Crippen LogP contribution in [-0.4, -0.2) is 29.2 Å². The van der Waals surface area contributed by atoms with E-state index in [0.717, 1.165) is 10.2 Å². The molecule has 10 heteroatoms. The van der Waals surface area contributed by atoms with Crippen LogP contribution in [0.5, 0.6) is 0 Å². The first-order valence-electron chi connectivity index (χ1n) is 9.32. The third-order valence-electron chi connectivity index (χ3n) is 4.86. The smallest absolute Gasteiger partial charge is 0.267 e. The molecule has 0 spiro atoms. The number of nitrogens with zero attached hydrogens (tertiary/aromatic N) is 6. The molecule has 0 fully saturated rings. The summed E-state index contributed by atoms with van der Waals surface area (Å²) in [5, 5.41) is 6.11. The van der Waals surface area contributed by atoms with E-state index in [1.165, 1.54) is 22.2 Å². The molecule has 4 heterocycles. The van der Waals surface area contributed by atoms with Crippen LogP contribution in [0.2, 0.25) is 5.02 Å². The Morgan fingerprint density at radius 3 is 2.71 bits per heavy atom. The van der Waals surface area contributed by atoms with E-state index in [1.807, 2.05) is 42.5 Å². The average molecular weight is 446 g/mol. The number of pyridine rings is 1. The Labute approximate surface area is 183 Å². The SMILES string of the molecule is O=c1c2cnc3nc(-c4ccccc4Cl)nn3c2ccn1Nc1nc2ccccc2s1. The van der Waals surface area contributed by atoms with Crippen LogP contribution in [0, 0.1) is 0 Å². The van der Waals surface area contributed by atoms with Crippen LogP contribution in [-0.2, 0) is 0 Å². The molecule has 1 N–H and O–H groups in total. The maximum absolute atomic E-state index is 13.1. The summed E-state index contributed by atoms with van der Waals surface area (Å²) in [5.41, 5.74) is 4.98. The van der Waals surface area contributed by atoms with Gasteiger partial charge in [0.25, 0.3) is 11.3 Å². The summed E-state index contributed by atoms with van der Waals surface area (Å²) in [7, 11) is 0. The number of hydrogen-bond donors (Lipinski definition) is 1. The van der Waals surface area contributed by atoms with Gasteiger partial charge in [-0.05, 0) is 30.3 Å². The predicted octanol–water partition coefficient (Wildman–Crippen LogP) is 4.24. The number of halogens is 1. The largest absolute Gasteiger partial charge is 0.280 e. The van der Waals surface area contributed by atoms with Crippen molar-refractivity contribution in [3.8, 4) is 11.4 Å². The van der Waals surface area contributed by atoms with Crippen molar-refractivity contribution in [2.45, 2.75) is 0 Å². The zero-order valence-electron chi connectivity index (χ0n) is 15.7. The van der Waals surface area contributed by atoms with Gasteiger partial charge in [0.05, 0.1) is 26.1 Å². The summed E-state index contributed by atoms with van der Waals surface area (Å²) in [4.78, 5) is 26.4. The zero-order valence-corrected chi connectivity index (χ0v) is 17.3. The quantitative estimate of drug-likeness (QED) is 0.438. The van der Waals surface area contributed by atoms with E-state index in [9.17, 15) is 4.79 Å². The first-order chi connectivity index (χ1) is 15.2. The van der Waals surface area contributed by atoms with Crippen LogP contribution in [0.3, 0.4) is 0 Å². The van der Waals surface area contributed by atoms with Crippen LogP contribution in [0.4, 0.5) is 5.13 Å². The fourth-order valence-electron chi connectivity index (χ4n) is 3.39. The third-order valence-corrected chi connectivity index (χ3v) is 6.13. The highest BCUT2D eigenvalue weighted by Gasteiger charge is 2.14. The molecule has 0 saturated heterocycles. The molecule has 0 aliphatic rings. The molecule has 6 rings (SSSR count). The second kappa shape index (κ2) is 6.86. The van der Waals surface area contributed by atoms with Crippen LogP contribution < -0.4 is 11.0 Å². The predicted molar refractivity (Wildman–Crippen MR) is 122 cm³/mol. The minimum Gasteiger partial charge on any atom is -0.267 e. The van der Waals surface area contributed by atoms with Gasteiger partial charge >= 0.3 is 0 Å². The highest BCUT2D eigenvalue weighted by molar-refractivity contribution is 7.22. The lowest BCUT2D eigenvalue weighted by atomic mass is 10.2. The lowest BCUT2D eigenvalue weighted by molar-refractivity contribution is 0.899. The Morgan fingerprint density at radius 2 is 1.84 bits per heavy atom. The second-order valence-electron chi connectivity index (χ2n) is 6.77. The fraction of sp³-hybridized carbons (Fsp3) is 0. The van der Waals surface area contributed by atoms with Crippen LogP contribution in [0.25, 0.3) is 38.3 Å². The molecule has 8 nitrogen and oxygen atoms in total. The first-order valence-corrected chi connectivity index (χ1v) is 10.5. The third kappa shape index (κ3) is 2.94. The van der Waals surface area contributed by atoms with Gasteiger partial charge in [0.15, 0.2) is 5.82 Å². The molecule has 4 aromatic heterocycles. The van der Waals surface area contributed by atoms with E-state index >= 15 is 0 Å². The van der Waals surface area contributed by atoms with Crippen molar-refractivity contribution >= 4 is 55.0 Å². The standard InChI is InChI=1S/C21H12ClN7OS/c22-14-6-2-1-5-12(14)18-25-20-23-11-13-16(29(20)26-18)9-10-28(19(13)30)27-21-24-15-7-3-4-8-17(15)31-21/h1-11H,(H,24,27). The fourth-order valence-corrected chi connectivity index (χ4v) is 4.47. The van der Waals surface area contributed by atoms with Gasteiger partial charge in [-0.1, -0.05) is 47.2 Å². The Hall–Kier alpha value is -3.82. The van der Waals surface area contributed by atoms with Crippen molar-refractivity contribution in [3.05, 3.63) is 82.4 Å². The number of thiazole rings is 1. The van der Waals surface area contributed by atoms with Gasteiger partial charge in [-0.3, -0.25) is 10.2 Å². The Morgan fingerprint density at radius 1 is 1.00 bits per heavy atom. The summed E-state index contributed by atoms with van der Waals surface area (Å²) >= 11 is 7.75. The van der Waals surface area contributed by atoms with E-state index < -0.39 is 0 Å². The summed E-state index contributed by atoms with van der Waals surface area (Å²) in [5.74, 6) is 0.834. The molecule has 31 heavy (non-hydrogen) atoms. The molecule has 0 saturated carbocycles.